The second-order valence-corrected chi connectivity index (χ2v) is 7.86. The molecule has 0 spiro atoms. The Morgan fingerprint density at radius 3 is 2.86 bits per heavy atom. The van der Waals surface area contributed by atoms with E-state index < -0.39 is 0 Å². The van der Waals surface area contributed by atoms with Gasteiger partial charge in [-0.15, -0.1) is 0 Å². The third-order valence-electron chi connectivity index (χ3n) is 5.83. The van der Waals surface area contributed by atoms with E-state index in [1.54, 1.807) is 0 Å². The summed E-state index contributed by atoms with van der Waals surface area (Å²) in [6, 6.07) is 8.62. The van der Waals surface area contributed by atoms with E-state index in [1.165, 1.54) is 11.3 Å². The summed E-state index contributed by atoms with van der Waals surface area (Å²) in [7, 11) is 4.10. The molecule has 0 saturated carbocycles. The standard InChI is InChI=1S/C22H21N7/c1-27-5-6-29-21(13-27)19(11-25-29)15-8-17-18(10-24-22(17)23-9-15)14-3-4-20-16(7-14)12-28(2)26-20/h3-4,7-12H,5-6,13H2,1-2H3,(H,23,24). The predicted molar refractivity (Wildman–Crippen MR) is 113 cm³/mol. The number of rotatable bonds is 2. The molecule has 6 rings (SSSR count). The molecule has 29 heavy (non-hydrogen) atoms. The first-order chi connectivity index (χ1) is 14.2. The van der Waals surface area contributed by atoms with Crippen LogP contribution in [0.4, 0.5) is 0 Å². The van der Waals surface area contributed by atoms with Crippen LogP contribution in [0.15, 0.2) is 49.1 Å². The van der Waals surface area contributed by atoms with E-state index in [9.17, 15) is 0 Å². The number of aromatic amines is 1. The lowest BCUT2D eigenvalue weighted by Crippen LogP contribution is -2.30. The molecule has 1 N–H and O–H groups in total. The van der Waals surface area contributed by atoms with Gasteiger partial charge in [-0.25, -0.2) is 4.98 Å². The van der Waals surface area contributed by atoms with E-state index in [-0.39, 0.29) is 0 Å². The Kier molecular flexibility index (Phi) is 3.43. The molecule has 7 nitrogen and oxygen atoms in total. The molecule has 0 atom stereocenters. The van der Waals surface area contributed by atoms with Crippen LogP contribution < -0.4 is 0 Å². The zero-order valence-corrected chi connectivity index (χ0v) is 16.4. The summed E-state index contributed by atoms with van der Waals surface area (Å²) in [4.78, 5) is 10.3. The molecule has 0 saturated heterocycles. The van der Waals surface area contributed by atoms with Crippen LogP contribution in [0, 0.1) is 0 Å². The van der Waals surface area contributed by atoms with Crippen LogP contribution in [0.1, 0.15) is 5.69 Å². The SMILES string of the molecule is CN1CCn2ncc(-c3cnc4[nH]cc(-c5ccc6nn(C)cc6c5)c4c3)c2C1. The molecule has 5 heterocycles. The average Bonchev–Trinajstić information content (AvgIpc) is 3.41. The van der Waals surface area contributed by atoms with E-state index in [2.05, 4.69) is 56.1 Å². The van der Waals surface area contributed by atoms with Crippen LogP contribution in [-0.2, 0) is 20.1 Å². The maximum atomic E-state index is 4.70. The number of fused-ring (bicyclic) bond motifs is 3. The summed E-state index contributed by atoms with van der Waals surface area (Å²) >= 11 is 0. The van der Waals surface area contributed by atoms with Crippen LogP contribution in [0.3, 0.4) is 0 Å². The smallest absolute Gasteiger partial charge is 0.137 e. The maximum absolute atomic E-state index is 4.70. The van der Waals surface area contributed by atoms with Gasteiger partial charge in [-0.05, 0) is 30.8 Å². The summed E-state index contributed by atoms with van der Waals surface area (Å²) in [5.41, 5.74) is 7.75. The van der Waals surface area contributed by atoms with Crippen molar-refractivity contribution in [1.29, 1.82) is 0 Å². The van der Waals surface area contributed by atoms with Gasteiger partial charge < -0.3 is 4.98 Å². The molecule has 1 aliphatic heterocycles. The van der Waals surface area contributed by atoms with Crippen molar-refractivity contribution >= 4 is 21.9 Å². The van der Waals surface area contributed by atoms with Crippen LogP contribution in [0.5, 0.6) is 0 Å². The minimum atomic E-state index is 0.896. The predicted octanol–water partition coefficient (Wildman–Crippen LogP) is 3.43. The second-order valence-electron chi connectivity index (χ2n) is 7.86. The number of nitrogens with zero attached hydrogens (tertiary/aromatic N) is 6. The number of aryl methyl sites for hydroxylation is 1. The number of nitrogens with one attached hydrogen (secondary N) is 1. The summed E-state index contributed by atoms with van der Waals surface area (Å²) in [5, 5.41) is 11.3. The zero-order chi connectivity index (χ0) is 19.5. The molecule has 1 aromatic carbocycles. The first kappa shape index (κ1) is 16.5. The molecule has 5 aromatic rings. The molecule has 0 bridgehead atoms. The number of hydrogen-bond donors (Lipinski definition) is 1. The average molecular weight is 383 g/mol. The highest BCUT2D eigenvalue weighted by atomic mass is 15.3. The Morgan fingerprint density at radius 1 is 1.00 bits per heavy atom. The van der Waals surface area contributed by atoms with E-state index in [4.69, 9.17) is 4.98 Å². The maximum Gasteiger partial charge on any atom is 0.137 e. The highest BCUT2D eigenvalue weighted by Crippen LogP contribution is 2.34. The summed E-state index contributed by atoms with van der Waals surface area (Å²) in [6.07, 6.45) is 8.01. The molecule has 0 amide bonds. The van der Waals surface area contributed by atoms with Crippen molar-refractivity contribution in [3.63, 3.8) is 0 Å². The van der Waals surface area contributed by atoms with E-state index in [1.807, 2.05) is 36.5 Å². The molecule has 0 radical (unpaired) electrons. The van der Waals surface area contributed by atoms with Crippen LogP contribution in [0.2, 0.25) is 0 Å². The van der Waals surface area contributed by atoms with E-state index in [0.29, 0.717) is 0 Å². The highest BCUT2D eigenvalue weighted by Gasteiger charge is 2.20. The Bertz CT molecular complexity index is 1370. The number of H-pyrrole nitrogens is 1. The molecule has 7 heteroatoms. The van der Waals surface area contributed by atoms with Crippen molar-refractivity contribution in [2.24, 2.45) is 7.05 Å². The van der Waals surface area contributed by atoms with Crippen molar-refractivity contribution in [2.75, 3.05) is 13.6 Å². The largest absolute Gasteiger partial charge is 0.346 e. The normalized spacial score (nSPS) is 14.7. The van der Waals surface area contributed by atoms with Gasteiger partial charge in [0.05, 0.1) is 24.0 Å². The summed E-state index contributed by atoms with van der Waals surface area (Å²) in [5.74, 6) is 0. The van der Waals surface area contributed by atoms with Crippen molar-refractivity contribution in [3.05, 3.63) is 54.7 Å². The number of likely N-dealkylation sites (N-methyl/N-ethyl adjacent to an activating group) is 1. The fourth-order valence-corrected chi connectivity index (χ4v) is 4.32. The Hall–Kier alpha value is -3.45. The lowest BCUT2D eigenvalue weighted by molar-refractivity contribution is 0.259. The minimum Gasteiger partial charge on any atom is -0.346 e. The van der Waals surface area contributed by atoms with Gasteiger partial charge in [-0.3, -0.25) is 14.3 Å². The first-order valence-electron chi connectivity index (χ1n) is 9.80. The number of aromatic nitrogens is 6. The van der Waals surface area contributed by atoms with Crippen molar-refractivity contribution < 1.29 is 0 Å². The summed E-state index contributed by atoms with van der Waals surface area (Å²) < 4.78 is 3.97. The molecular weight excluding hydrogens is 362 g/mol. The lowest BCUT2D eigenvalue weighted by atomic mass is 10.0. The van der Waals surface area contributed by atoms with Crippen molar-refractivity contribution in [3.8, 4) is 22.3 Å². The fraction of sp³-hybridized carbons (Fsp3) is 0.227. The second kappa shape index (κ2) is 6.02. The molecule has 0 unspecified atom stereocenters. The van der Waals surface area contributed by atoms with Gasteiger partial charge >= 0.3 is 0 Å². The van der Waals surface area contributed by atoms with Gasteiger partial charge in [0, 0.05) is 66.2 Å². The minimum absolute atomic E-state index is 0.896. The van der Waals surface area contributed by atoms with Crippen molar-refractivity contribution in [1.82, 2.24) is 34.4 Å². The lowest BCUT2D eigenvalue weighted by Gasteiger charge is -2.24. The van der Waals surface area contributed by atoms with Crippen molar-refractivity contribution in [2.45, 2.75) is 13.1 Å². The quantitative estimate of drug-likeness (QED) is 0.507. The molecule has 4 aromatic heterocycles. The zero-order valence-electron chi connectivity index (χ0n) is 16.4. The number of benzene rings is 1. The van der Waals surface area contributed by atoms with Crippen LogP contribution in [-0.4, -0.2) is 48.0 Å². The monoisotopic (exact) mass is 383 g/mol. The highest BCUT2D eigenvalue weighted by molar-refractivity contribution is 5.98. The molecule has 0 aliphatic carbocycles. The molecular formula is C22H21N7. The number of hydrogen-bond acceptors (Lipinski definition) is 4. The Labute approximate surface area is 167 Å². The van der Waals surface area contributed by atoms with Gasteiger partial charge in [0.25, 0.3) is 0 Å². The molecule has 144 valence electrons. The fourth-order valence-electron chi connectivity index (χ4n) is 4.32. The van der Waals surface area contributed by atoms with Gasteiger partial charge in [-0.2, -0.15) is 10.2 Å². The topological polar surface area (TPSA) is 67.6 Å². The van der Waals surface area contributed by atoms with Crippen LogP contribution in [0.25, 0.3) is 44.2 Å². The van der Waals surface area contributed by atoms with Gasteiger partial charge in [0.1, 0.15) is 5.65 Å². The van der Waals surface area contributed by atoms with Gasteiger partial charge in [0.2, 0.25) is 0 Å². The van der Waals surface area contributed by atoms with E-state index >= 15 is 0 Å². The van der Waals surface area contributed by atoms with Crippen LogP contribution >= 0.6 is 0 Å². The van der Waals surface area contributed by atoms with E-state index in [0.717, 1.165) is 58.3 Å². The Morgan fingerprint density at radius 2 is 1.93 bits per heavy atom. The van der Waals surface area contributed by atoms with Gasteiger partial charge in [-0.1, -0.05) is 6.07 Å². The molecule has 1 aliphatic rings. The Balaban J connectivity index is 1.49. The van der Waals surface area contributed by atoms with Gasteiger partial charge in [0.15, 0.2) is 0 Å². The third-order valence-corrected chi connectivity index (χ3v) is 5.83. The number of pyridine rings is 1. The summed E-state index contributed by atoms with van der Waals surface area (Å²) in [6.45, 7) is 2.87. The first-order valence-corrected chi connectivity index (χ1v) is 9.80. The third kappa shape index (κ3) is 2.58. The molecule has 0 fully saturated rings.